The third-order valence-corrected chi connectivity index (χ3v) is 3.39. The lowest BCUT2D eigenvalue weighted by atomic mass is 10.1. The lowest BCUT2D eigenvalue weighted by molar-refractivity contribution is 0.578. The van der Waals surface area contributed by atoms with Crippen molar-refractivity contribution in [3.05, 3.63) is 0 Å². The molecule has 0 bridgehead atoms. The van der Waals surface area contributed by atoms with E-state index in [1.165, 1.54) is 77.0 Å². The highest BCUT2D eigenvalue weighted by Gasteiger charge is 1.90. The quantitative estimate of drug-likeness (QED) is 0.277. The number of hydrogen-bond donors (Lipinski definition) is 0. The molecule has 112 valence electrons. The van der Waals surface area contributed by atoms with Gasteiger partial charge in [0.2, 0.25) is 0 Å². The van der Waals surface area contributed by atoms with Gasteiger partial charge in [-0.2, -0.15) is 0 Å². The first-order valence-corrected chi connectivity index (χ1v) is 8.49. The SMILES string of the molecule is CCCCCCCCCCN=C=NCCCCCC. The maximum absolute atomic E-state index is 4.22. The van der Waals surface area contributed by atoms with E-state index in [9.17, 15) is 0 Å². The molecule has 0 aliphatic carbocycles. The fraction of sp³-hybridized carbons (Fsp3) is 0.941. The van der Waals surface area contributed by atoms with Crippen LogP contribution in [0.1, 0.15) is 90.9 Å². The van der Waals surface area contributed by atoms with Crippen LogP contribution in [0.5, 0.6) is 0 Å². The van der Waals surface area contributed by atoms with Gasteiger partial charge in [-0.1, -0.05) is 78.1 Å². The van der Waals surface area contributed by atoms with Crippen molar-refractivity contribution in [3.63, 3.8) is 0 Å². The Morgan fingerprint density at radius 2 is 0.895 bits per heavy atom. The maximum Gasteiger partial charge on any atom is 0.0892 e. The molecule has 0 aliphatic rings. The predicted molar refractivity (Wildman–Crippen MR) is 86.3 cm³/mol. The molecule has 0 rings (SSSR count). The Balaban J connectivity index is 3.13. The first kappa shape index (κ1) is 18.4. The average Bonchev–Trinajstić information content (AvgIpc) is 2.43. The molecule has 2 heteroatoms. The van der Waals surface area contributed by atoms with Gasteiger partial charge >= 0.3 is 0 Å². The van der Waals surface area contributed by atoms with E-state index in [1.807, 2.05) is 0 Å². The highest BCUT2D eigenvalue weighted by Crippen LogP contribution is 2.08. The minimum Gasteiger partial charge on any atom is -0.226 e. The lowest BCUT2D eigenvalue weighted by Gasteiger charge is -1.99. The summed E-state index contributed by atoms with van der Waals surface area (Å²) < 4.78 is 0. The smallest absolute Gasteiger partial charge is 0.0892 e. The van der Waals surface area contributed by atoms with Crippen molar-refractivity contribution in [1.29, 1.82) is 0 Å². The van der Waals surface area contributed by atoms with Crippen molar-refractivity contribution >= 4 is 6.01 Å². The fourth-order valence-corrected chi connectivity index (χ4v) is 2.09. The van der Waals surface area contributed by atoms with Crippen molar-refractivity contribution in [2.24, 2.45) is 9.98 Å². The Kier molecular flexibility index (Phi) is 16.8. The molecular weight excluding hydrogens is 232 g/mol. The summed E-state index contributed by atoms with van der Waals surface area (Å²) in [6.45, 7) is 6.31. The van der Waals surface area contributed by atoms with Crippen molar-refractivity contribution in [2.75, 3.05) is 13.1 Å². The molecule has 0 amide bonds. The van der Waals surface area contributed by atoms with Gasteiger partial charge in [0.1, 0.15) is 0 Å². The Labute approximate surface area is 120 Å². The Bertz CT molecular complexity index is 217. The van der Waals surface area contributed by atoms with Crippen LogP contribution in [0.15, 0.2) is 9.98 Å². The van der Waals surface area contributed by atoms with E-state index in [4.69, 9.17) is 0 Å². The molecular formula is C17H34N2. The predicted octanol–water partition coefficient (Wildman–Crippen LogP) is 5.88. The summed E-state index contributed by atoms with van der Waals surface area (Å²) in [6.07, 6.45) is 15.9. The first-order valence-electron chi connectivity index (χ1n) is 8.49. The zero-order valence-electron chi connectivity index (χ0n) is 13.3. The number of unbranched alkanes of at least 4 members (excludes halogenated alkanes) is 10. The van der Waals surface area contributed by atoms with Crippen LogP contribution >= 0.6 is 0 Å². The van der Waals surface area contributed by atoms with E-state index in [0.29, 0.717) is 0 Å². The summed E-state index contributed by atoms with van der Waals surface area (Å²) in [5, 5.41) is 0. The van der Waals surface area contributed by atoms with E-state index in [2.05, 4.69) is 29.8 Å². The summed E-state index contributed by atoms with van der Waals surface area (Å²) in [6, 6.07) is 2.83. The molecule has 0 heterocycles. The number of aliphatic imine (C=N–C) groups is 2. The van der Waals surface area contributed by atoms with Crippen LogP contribution in [0.25, 0.3) is 0 Å². The molecule has 0 aromatic rings. The molecule has 0 N–H and O–H groups in total. The van der Waals surface area contributed by atoms with Crippen molar-refractivity contribution < 1.29 is 0 Å². The minimum absolute atomic E-state index is 0.904. The zero-order chi connectivity index (χ0) is 14.0. The molecule has 0 unspecified atom stereocenters. The van der Waals surface area contributed by atoms with E-state index in [1.54, 1.807) is 0 Å². The summed E-state index contributed by atoms with van der Waals surface area (Å²) in [4.78, 5) is 8.41. The Morgan fingerprint density at radius 1 is 0.526 bits per heavy atom. The second-order valence-corrected chi connectivity index (χ2v) is 5.40. The third kappa shape index (κ3) is 17.4. The summed E-state index contributed by atoms with van der Waals surface area (Å²) in [7, 11) is 0. The van der Waals surface area contributed by atoms with Gasteiger partial charge in [0, 0.05) is 13.1 Å². The fourth-order valence-electron chi connectivity index (χ4n) is 2.09. The average molecular weight is 266 g/mol. The molecule has 0 aromatic heterocycles. The third-order valence-electron chi connectivity index (χ3n) is 3.39. The van der Waals surface area contributed by atoms with E-state index in [0.717, 1.165) is 13.1 Å². The van der Waals surface area contributed by atoms with E-state index < -0.39 is 0 Å². The molecule has 0 fully saturated rings. The standard InChI is InChI=1S/C17H34N2/c1-3-5-7-9-10-11-12-14-16-19-17-18-15-13-8-6-4-2/h3-16H2,1-2H3. The molecule has 0 radical (unpaired) electrons. The normalized spacial score (nSPS) is 10.2. The van der Waals surface area contributed by atoms with Gasteiger partial charge in [0.15, 0.2) is 0 Å². The number of rotatable bonds is 14. The van der Waals surface area contributed by atoms with Crippen molar-refractivity contribution in [3.8, 4) is 0 Å². The zero-order valence-corrected chi connectivity index (χ0v) is 13.3. The minimum atomic E-state index is 0.904. The van der Waals surface area contributed by atoms with Crippen LogP contribution in [0, 0.1) is 0 Å². The van der Waals surface area contributed by atoms with Gasteiger partial charge in [0.25, 0.3) is 0 Å². The van der Waals surface area contributed by atoms with Gasteiger partial charge in [-0.05, 0) is 12.8 Å². The first-order chi connectivity index (χ1) is 9.41. The summed E-state index contributed by atoms with van der Waals surface area (Å²) in [5.41, 5.74) is 0. The second kappa shape index (κ2) is 17.4. The second-order valence-electron chi connectivity index (χ2n) is 5.40. The largest absolute Gasteiger partial charge is 0.226 e. The van der Waals surface area contributed by atoms with Crippen LogP contribution in [0.4, 0.5) is 0 Å². The number of hydrogen-bond acceptors (Lipinski definition) is 2. The van der Waals surface area contributed by atoms with Gasteiger partial charge in [-0.3, -0.25) is 0 Å². The highest BCUT2D eigenvalue weighted by atomic mass is 14.8. The van der Waals surface area contributed by atoms with Crippen molar-refractivity contribution in [1.82, 2.24) is 0 Å². The van der Waals surface area contributed by atoms with Crippen LogP contribution in [-0.2, 0) is 0 Å². The van der Waals surface area contributed by atoms with E-state index in [-0.39, 0.29) is 0 Å². The van der Waals surface area contributed by atoms with E-state index >= 15 is 0 Å². The van der Waals surface area contributed by atoms with Crippen LogP contribution in [0.2, 0.25) is 0 Å². The maximum atomic E-state index is 4.22. The molecule has 0 spiro atoms. The molecule has 2 nitrogen and oxygen atoms in total. The van der Waals surface area contributed by atoms with Gasteiger partial charge < -0.3 is 0 Å². The summed E-state index contributed by atoms with van der Waals surface area (Å²) in [5.74, 6) is 0. The van der Waals surface area contributed by atoms with Gasteiger partial charge in [-0.25, -0.2) is 9.98 Å². The van der Waals surface area contributed by atoms with Crippen LogP contribution in [-0.4, -0.2) is 19.1 Å². The van der Waals surface area contributed by atoms with Crippen molar-refractivity contribution in [2.45, 2.75) is 90.9 Å². The molecule has 0 atom stereocenters. The molecule has 19 heavy (non-hydrogen) atoms. The van der Waals surface area contributed by atoms with Crippen LogP contribution in [0.3, 0.4) is 0 Å². The molecule has 0 aliphatic heterocycles. The van der Waals surface area contributed by atoms with Gasteiger partial charge in [0.05, 0.1) is 6.01 Å². The molecule has 0 saturated heterocycles. The Morgan fingerprint density at radius 3 is 1.37 bits per heavy atom. The highest BCUT2D eigenvalue weighted by molar-refractivity contribution is 5.40. The Hall–Kier alpha value is -0.620. The molecule has 0 saturated carbocycles. The summed E-state index contributed by atoms with van der Waals surface area (Å²) >= 11 is 0. The van der Waals surface area contributed by atoms with Crippen LogP contribution < -0.4 is 0 Å². The monoisotopic (exact) mass is 266 g/mol. The molecule has 0 aromatic carbocycles. The topological polar surface area (TPSA) is 24.7 Å². The number of nitrogens with zero attached hydrogens (tertiary/aromatic N) is 2. The lowest BCUT2D eigenvalue weighted by Crippen LogP contribution is -1.84. The van der Waals surface area contributed by atoms with Gasteiger partial charge in [-0.15, -0.1) is 0 Å².